The number of halogens is 1. The van der Waals surface area contributed by atoms with Gasteiger partial charge in [0.05, 0.1) is 6.54 Å². The number of aromatic amines is 1. The summed E-state index contributed by atoms with van der Waals surface area (Å²) in [7, 11) is 1.56. The van der Waals surface area contributed by atoms with Gasteiger partial charge in [0.2, 0.25) is 0 Å². The lowest BCUT2D eigenvalue weighted by Crippen LogP contribution is -2.06. The number of thiazole rings is 1. The van der Waals surface area contributed by atoms with Crippen molar-refractivity contribution in [3.63, 3.8) is 0 Å². The van der Waals surface area contributed by atoms with E-state index in [1.54, 1.807) is 18.6 Å². The summed E-state index contributed by atoms with van der Waals surface area (Å²) in [4.78, 5) is 21.8. The Morgan fingerprint density at radius 2 is 2.39 bits per heavy atom. The molecule has 0 saturated heterocycles. The van der Waals surface area contributed by atoms with Crippen LogP contribution in [0.3, 0.4) is 0 Å². The summed E-state index contributed by atoms with van der Waals surface area (Å²) in [6.07, 6.45) is 0. The third-order valence-electron chi connectivity index (χ3n) is 2.05. The van der Waals surface area contributed by atoms with Crippen molar-refractivity contribution < 1.29 is 4.74 Å². The number of anilines is 1. The normalized spacial score (nSPS) is 10.6. The van der Waals surface area contributed by atoms with Gasteiger partial charge in [0.15, 0.2) is 5.82 Å². The summed E-state index contributed by atoms with van der Waals surface area (Å²) >= 11 is 6.99. The Balaban J connectivity index is 2.06. The number of methoxy groups -OCH3 is 1. The molecular formula is C10H11ClN4O2S. The molecule has 0 aromatic carbocycles. The first-order valence-corrected chi connectivity index (χ1v) is 6.36. The van der Waals surface area contributed by atoms with Gasteiger partial charge in [-0.2, -0.15) is 0 Å². The van der Waals surface area contributed by atoms with Crippen LogP contribution in [-0.4, -0.2) is 22.1 Å². The minimum atomic E-state index is -0.0763. The first-order valence-electron chi connectivity index (χ1n) is 5.10. The van der Waals surface area contributed by atoms with Gasteiger partial charge in [0.1, 0.15) is 17.6 Å². The third-order valence-corrected chi connectivity index (χ3v) is 2.96. The molecule has 0 aliphatic heterocycles. The number of hydrogen-bond acceptors (Lipinski definition) is 6. The van der Waals surface area contributed by atoms with Crippen LogP contribution in [-0.2, 0) is 17.9 Å². The molecule has 0 fully saturated rings. The van der Waals surface area contributed by atoms with Crippen LogP contribution >= 0.6 is 22.9 Å². The van der Waals surface area contributed by atoms with Gasteiger partial charge in [-0.25, -0.2) is 9.97 Å². The number of nitrogens with one attached hydrogen (secondary N) is 2. The average Bonchev–Trinajstić information content (AvgIpc) is 2.72. The third kappa shape index (κ3) is 3.52. The van der Waals surface area contributed by atoms with E-state index in [0.717, 1.165) is 17.0 Å². The fourth-order valence-electron chi connectivity index (χ4n) is 1.34. The predicted molar refractivity (Wildman–Crippen MR) is 70.0 cm³/mol. The van der Waals surface area contributed by atoms with Crippen molar-refractivity contribution in [2.75, 3.05) is 12.4 Å². The van der Waals surface area contributed by atoms with Crippen LogP contribution in [0.25, 0.3) is 0 Å². The molecule has 2 aromatic rings. The summed E-state index contributed by atoms with van der Waals surface area (Å²) in [5, 5.41) is 5.16. The largest absolute Gasteiger partial charge is 0.377 e. The second-order valence-corrected chi connectivity index (χ2v) is 4.68. The van der Waals surface area contributed by atoms with E-state index in [2.05, 4.69) is 20.3 Å². The summed E-state index contributed by atoms with van der Waals surface area (Å²) in [6.45, 7) is 0.767. The number of nitrogens with zero attached hydrogens (tertiary/aromatic N) is 2. The van der Waals surface area contributed by atoms with Gasteiger partial charge in [-0.3, -0.25) is 4.79 Å². The van der Waals surface area contributed by atoms with Gasteiger partial charge in [-0.15, -0.1) is 0 Å². The maximum Gasteiger partial charge on any atom is 0.304 e. The SMILES string of the molecule is COCc1nc(Cl)cc(NCc2csc(=O)[nH]2)n1. The molecule has 8 heteroatoms. The molecule has 0 radical (unpaired) electrons. The van der Waals surface area contributed by atoms with E-state index in [4.69, 9.17) is 16.3 Å². The first kappa shape index (κ1) is 13.0. The lowest BCUT2D eigenvalue weighted by Gasteiger charge is -2.06. The molecule has 6 nitrogen and oxygen atoms in total. The van der Waals surface area contributed by atoms with Crippen molar-refractivity contribution in [1.82, 2.24) is 15.0 Å². The molecule has 2 N–H and O–H groups in total. The molecule has 18 heavy (non-hydrogen) atoms. The molecule has 2 heterocycles. The van der Waals surface area contributed by atoms with Crippen LogP contribution in [0.4, 0.5) is 5.82 Å². The number of ether oxygens (including phenoxy) is 1. The molecule has 0 unspecified atom stereocenters. The average molecular weight is 287 g/mol. The Labute approximate surface area is 112 Å². The summed E-state index contributed by atoms with van der Waals surface area (Å²) in [5.41, 5.74) is 0.799. The Morgan fingerprint density at radius 3 is 3.06 bits per heavy atom. The van der Waals surface area contributed by atoms with E-state index in [9.17, 15) is 4.79 Å². The molecule has 96 valence electrons. The second kappa shape index (κ2) is 5.94. The number of aromatic nitrogens is 3. The van der Waals surface area contributed by atoms with Crippen molar-refractivity contribution in [3.05, 3.63) is 37.8 Å². The molecule has 0 saturated carbocycles. The zero-order valence-corrected chi connectivity index (χ0v) is 11.1. The molecule has 0 bridgehead atoms. The van der Waals surface area contributed by atoms with Crippen molar-refractivity contribution in [1.29, 1.82) is 0 Å². The minimum Gasteiger partial charge on any atom is -0.377 e. The van der Waals surface area contributed by atoms with Crippen molar-refractivity contribution in [2.45, 2.75) is 13.2 Å². The van der Waals surface area contributed by atoms with Gasteiger partial charge in [0, 0.05) is 24.3 Å². The van der Waals surface area contributed by atoms with Gasteiger partial charge < -0.3 is 15.0 Å². The van der Waals surface area contributed by atoms with Gasteiger partial charge in [-0.05, 0) is 0 Å². The Morgan fingerprint density at radius 1 is 1.56 bits per heavy atom. The van der Waals surface area contributed by atoms with Crippen LogP contribution in [0.15, 0.2) is 16.2 Å². The smallest absolute Gasteiger partial charge is 0.304 e. The van der Waals surface area contributed by atoms with E-state index in [-0.39, 0.29) is 4.87 Å². The molecule has 2 aromatic heterocycles. The lowest BCUT2D eigenvalue weighted by atomic mass is 10.4. The lowest BCUT2D eigenvalue weighted by molar-refractivity contribution is 0.178. The predicted octanol–water partition coefficient (Wildman–Crippen LogP) is 1.64. The highest BCUT2D eigenvalue weighted by Gasteiger charge is 2.03. The Kier molecular flexibility index (Phi) is 4.29. The van der Waals surface area contributed by atoms with E-state index < -0.39 is 0 Å². The van der Waals surface area contributed by atoms with Crippen molar-refractivity contribution in [2.24, 2.45) is 0 Å². The zero-order valence-electron chi connectivity index (χ0n) is 9.57. The summed E-state index contributed by atoms with van der Waals surface area (Å²) in [6, 6.07) is 1.62. The van der Waals surface area contributed by atoms with Crippen LogP contribution in [0.5, 0.6) is 0 Å². The molecular weight excluding hydrogens is 276 g/mol. The Hall–Kier alpha value is -1.44. The highest BCUT2D eigenvalue weighted by atomic mass is 35.5. The standard InChI is InChI=1S/C10H11ClN4O2S/c1-17-4-9-14-7(11)2-8(15-9)12-3-6-5-18-10(16)13-6/h2,5H,3-4H2,1H3,(H,13,16)(H,12,14,15). The topological polar surface area (TPSA) is 79.9 Å². The molecule has 0 spiro atoms. The number of hydrogen-bond donors (Lipinski definition) is 2. The van der Waals surface area contributed by atoms with E-state index in [1.165, 1.54) is 0 Å². The number of H-pyrrole nitrogens is 1. The molecule has 2 rings (SSSR count). The minimum absolute atomic E-state index is 0.0763. The molecule has 0 aliphatic rings. The highest BCUT2D eigenvalue weighted by Crippen LogP contribution is 2.13. The van der Waals surface area contributed by atoms with Crippen LogP contribution < -0.4 is 10.2 Å². The van der Waals surface area contributed by atoms with Crippen LogP contribution in [0.2, 0.25) is 5.15 Å². The Bertz CT molecular complexity index is 583. The fraction of sp³-hybridized carbons (Fsp3) is 0.300. The summed E-state index contributed by atoms with van der Waals surface area (Å²) in [5.74, 6) is 1.10. The zero-order chi connectivity index (χ0) is 13.0. The quantitative estimate of drug-likeness (QED) is 0.817. The van der Waals surface area contributed by atoms with Gasteiger partial charge in [-0.1, -0.05) is 22.9 Å². The summed E-state index contributed by atoms with van der Waals surface area (Å²) < 4.78 is 4.95. The number of rotatable bonds is 5. The van der Waals surface area contributed by atoms with E-state index in [0.29, 0.717) is 29.9 Å². The van der Waals surface area contributed by atoms with Crippen LogP contribution in [0.1, 0.15) is 11.5 Å². The van der Waals surface area contributed by atoms with E-state index in [1.807, 2.05) is 0 Å². The fourth-order valence-corrected chi connectivity index (χ4v) is 2.12. The van der Waals surface area contributed by atoms with Crippen molar-refractivity contribution in [3.8, 4) is 0 Å². The first-order chi connectivity index (χ1) is 8.67. The van der Waals surface area contributed by atoms with Gasteiger partial charge in [0.25, 0.3) is 0 Å². The maximum atomic E-state index is 11.0. The second-order valence-electron chi connectivity index (χ2n) is 3.45. The monoisotopic (exact) mass is 286 g/mol. The van der Waals surface area contributed by atoms with Crippen LogP contribution in [0, 0.1) is 0 Å². The van der Waals surface area contributed by atoms with Gasteiger partial charge >= 0.3 is 4.87 Å². The van der Waals surface area contributed by atoms with Crippen molar-refractivity contribution >= 4 is 28.8 Å². The van der Waals surface area contributed by atoms with E-state index >= 15 is 0 Å². The molecule has 0 aliphatic carbocycles. The molecule has 0 atom stereocenters. The maximum absolute atomic E-state index is 11.0. The molecule has 0 amide bonds. The highest BCUT2D eigenvalue weighted by molar-refractivity contribution is 7.07.